The summed E-state index contributed by atoms with van der Waals surface area (Å²) in [6.45, 7) is 2.94. The summed E-state index contributed by atoms with van der Waals surface area (Å²) in [6, 6.07) is 14.3. The number of nitrogens with one attached hydrogen (secondary N) is 3. The van der Waals surface area contributed by atoms with E-state index in [-0.39, 0.29) is 0 Å². The van der Waals surface area contributed by atoms with Crippen molar-refractivity contribution in [3.63, 3.8) is 0 Å². The van der Waals surface area contributed by atoms with Crippen LogP contribution in [0.1, 0.15) is 11.1 Å². The van der Waals surface area contributed by atoms with Crippen LogP contribution >= 0.6 is 0 Å². The first-order chi connectivity index (χ1) is 13.7. The number of hydrogen-bond donors (Lipinski definition) is 3. The van der Waals surface area contributed by atoms with Gasteiger partial charge >= 0.3 is 0 Å². The second kappa shape index (κ2) is 6.58. The summed E-state index contributed by atoms with van der Waals surface area (Å²) >= 11 is 0. The molecule has 5 rings (SSSR count). The number of aromatic amines is 2. The zero-order chi connectivity index (χ0) is 19.1. The lowest BCUT2D eigenvalue weighted by molar-refractivity contribution is 0.807. The fraction of sp³-hybridized carbons (Fsp3) is 0.136. The van der Waals surface area contributed by atoms with Crippen molar-refractivity contribution in [2.75, 3.05) is 7.05 Å². The van der Waals surface area contributed by atoms with Crippen LogP contribution in [0.15, 0.2) is 54.9 Å². The molecule has 0 atom stereocenters. The van der Waals surface area contributed by atoms with Crippen molar-refractivity contribution >= 4 is 21.9 Å². The van der Waals surface area contributed by atoms with Crippen molar-refractivity contribution in [2.24, 2.45) is 0 Å². The molecule has 3 heterocycles. The molecule has 0 fully saturated rings. The standard InChI is InChI=1S/C22H20N6/c1-13-15(10-23-2)11-24-12-17(13)14-7-8-18-16(9-14)21(28-27-18)22-25-19-5-3-4-6-20(19)26-22/h3-9,11-12,23H,10H2,1-2H3,(H,25,26)(H,27,28). The van der Waals surface area contributed by atoms with Gasteiger partial charge in [0.05, 0.1) is 16.6 Å². The Labute approximate surface area is 162 Å². The van der Waals surface area contributed by atoms with Crippen LogP contribution in [0.4, 0.5) is 0 Å². The highest BCUT2D eigenvalue weighted by atomic mass is 15.1. The number of pyridine rings is 1. The molecule has 0 spiro atoms. The lowest BCUT2D eigenvalue weighted by atomic mass is 9.98. The van der Waals surface area contributed by atoms with Crippen LogP contribution in [0.5, 0.6) is 0 Å². The van der Waals surface area contributed by atoms with Crippen molar-refractivity contribution < 1.29 is 0 Å². The van der Waals surface area contributed by atoms with E-state index in [1.807, 2.05) is 43.7 Å². The summed E-state index contributed by atoms with van der Waals surface area (Å²) < 4.78 is 0. The average molecular weight is 368 g/mol. The molecule has 138 valence electrons. The molecule has 28 heavy (non-hydrogen) atoms. The van der Waals surface area contributed by atoms with Crippen LogP contribution in [0, 0.1) is 6.92 Å². The fourth-order valence-electron chi connectivity index (χ4n) is 3.66. The molecular weight excluding hydrogens is 348 g/mol. The Kier molecular flexibility index (Phi) is 3.91. The number of para-hydroxylation sites is 2. The minimum Gasteiger partial charge on any atom is -0.337 e. The molecule has 0 unspecified atom stereocenters. The molecule has 6 nitrogen and oxygen atoms in total. The van der Waals surface area contributed by atoms with E-state index in [9.17, 15) is 0 Å². The molecule has 0 saturated carbocycles. The van der Waals surface area contributed by atoms with Gasteiger partial charge in [-0.15, -0.1) is 0 Å². The Balaban J connectivity index is 1.66. The second-order valence-corrected chi connectivity index (χ2v) is 6.94. The van der Waals surface area contributed by atoms with Gasteiger partial charge in [-0.1, -0.05) is 18.2 Å². The van der Waals surface area contributed by atoms with E-state index in [0.29, 0.717) is 0 Å². The minimum absolute atomic E-state index is 0.767. The predicted octanol–water partition coefficient (Wildman–Crippen LogP) is 4.20. The van der Waals surface area contributed by atoms with Crippen molar-refractivity contribution in [3.05, 3.63) is 66.0 Å². The molecule has 0 aliphatic carbocycles. The van der Waals surface area contributed by atoms with Gasteiger partial charge in [0.25, 0.3) is 0 Å². The number of fused-ring (bicyclic) bond motifs is 2. The smallest absolute Gasteiger partial charge is 0.159 e. The summed E-state index contributed by atoms with van der Waals surface area (Å²) in [5.74, 6) is 0.767. The third-order valence-corrected chi connectivity index (χ3v) is 5.17. The average Bonchev–Trinajstić information content (AvgIpc) is 3.32. The topological polar surface area (TPSA) is 82.3 Å². The Hall–Kier alpha value is -3.51. The zero-order valence-electron chi connectivity index (χ0n) is 15.7. The summed E-state index contributed by atoms with van der Waals surface area (Å²) in [6.07, 6.45) is 3.85. The third kappa shape index (κ3) is 2.66. The van der Waals surface area contributed by atoms with Gasteiger partial charge in [0.2, 0.25) is 0 Å². The van der Waals surface area contributed by atoms with Gasteiger partial charge < -0.3 is 10.3 Å². The molecule has 0 amide bonds. The van der Waals surface area contributed by atoms with E-state index < -0.39 is 0 Å². The monoisotopic (exact) mass is 368 g/mol. The van der Waals surface area contributed by atoms with Gasteiger partial charge in [-0.2, -0.15) is 5.10 Å². The molecular formula is C22H20N6. The number of hydrogen-bond acceptors (Lipinski definition) is 4. The fourth-order valence-corrected chi connectivity index (χ4v) is 3.66. The van der Waals surface area contributed by atoms with Gasteiger partial charge in [-0.25, -0.2) is 4.98 Å². The quantitative estimate of drug-likeness (QED) is 0.444. The summed E-state index contributed by atoms with van der Waals surface area (Å²) in [5.41, 5.74) is 8.43. The normalized spacial score (nSPS) is 11.5. The Morgan fingerprint density at radius 2 is 1.93 bits per heavy atom. The Morgan fingerprint density at radius 3 is 2.79 bits per heavy atom. The summed E-state index contributed by atoms with van der Waals surface area (Å²) in [7, 11) is 1.95. The van der Waals surface area contributed by atoms with E-state index in [2.05, 4.69) is 50.6 Å². The van der Waals surface area contributed by atoms with Gasteiger partial charge in [-0.3, -0.25) is 10.1 Å². The van der Waals surface area contributed by atoms with Crippen molar-refractivity contribution in [3.8, 4) is 22.6 Å². The molecule has 0 aliphatic rings. The number of benzene rings is 2. The first-order valence-corrected chi connectivity index (χ1v) is 9.26. The van der Waals surface area contributed by atoms with E-state index in [4.69, 9.17) is 4.98 Å². The van der Waals surface area contributed by atoms with Crippen molar-refractivity contribution in [2.45, 2.75) is 13.5 Å². The zero-order valence-corrected chi connectivity index (χ0v) is 15.7. The first kappa shape index (κ1) is 16.6. The Bertz CT molecular complexity index is 1260. The maximum atomic E-state index is 4.71. The second-order valence-electron chi connectivity index (χ2n) is 6.94. The van der Waals surface area contributed by atoms with Gasteiger partial charge in [0.15, 0.2) is 5.82 Å². The summed E-state index contributed by atoms with van der Waals surface area (Å²) in [5, 5.41) is 11.9. The van der Waals surface area contributed by atoms with Gasteiger partial charge in [0, 0.05) is 29.9 Å². The van der Waals surface area contributed by atoms with Crippen LogP contribution in [0.2, 0.25) is 0 Å². The van der Waals surface area contributed by atoms with Crippen molar-refractivity contribution in [1.82, 2.24) is 30.5 Å². The van der Waals surface area contributed by atoms with Gasteiger partial charge in [0.1, 0.15) is 5.69 Å². The minimum atomic E-state index is 0.767. The van der Waals surface area contributed by atoms with E-state index in [1.165, 1.54) is 11.1 Å². The highest BCUT2D eigenvalue weighted by Crippen LogP contribution is 2.32. The van der Waals surface area contributed by atoms with Crippen LogP contribution in [0.25, 0.3) is 44.6 Å². The molecule has 6 heteroatoms. The van der Waals surface area contributed by atoms with Crippen LogP contribution in [0.3, 0.4) is 0 Å². The Morgan fingerprint density at radius 1 is 1.04 bits per heavy atom. The predicted molar refractivity (Wildman–Crippen MR) is 112 cm³/mol. The highest BCUT2D eigenvalue weighted by molar-refractivity contribution is 5.95. The molecule has 3 N–H and O–H groups in total. The maximum Gasteiger partial charge on any atom is 0.159 e. The number of aromatic nitrogens is 5. The van der Waals surface area contributed by atoms with Gasteiger partial charge in [-0.05, 0) is 54.9 Å². The highest BCUT2D eigenvalue weighted by Gasteiger charge is 2.14. The van der Waals surface area contributed by atoms with Crippen molar-refractivity contribution in [1.29, 1.82) is 0 Å². The molecule has 0 bridgehead atoms. The lowest BCUT2D eigenvalue weighted by Gasteiger charge is -2.11. The maximum absolute atomic E-state index is 4.71. The summed E-state index contributed by atoms with van der Waals surface area (Å²) in [4.78, 5) is 12.5. The largest absolute Gasteiger partial charge is 0.337 e. The molecule has 3 aromatic heterocycles. The SMILES string of the molecule is CNCc1cncc(-c2ccc3[nH]nc(-c4nc5ccccc5[nH]4)c3c2)c1C. The molecule has 0 saturated heterocycles. The molecule has 5 aromatic rings. The molecule has 0 radical (unpaired) electrons. The van der Waals surface area contributed by atoms with Crippen LogP contribution in [-0.2, 0) is 6.54 Å². The third-order valence-electron chi connectivity index (χ3n) is 5.17. The molecule has 2 aromatic carbocycles. The number of H-pyrrole nitrogens is 2. The van der Waals surface area contributed by atoms with E-state index >= 15 is 0 Å². The number of imidazole rings is 1. The lowest BCUT2D eigenvalue weighted by Crippen LogP contribution is -2.07. The van der Waals surface area contributed by atoms with Crippen LogP contribution < -0.4 is 5.32 Å². The molecule has 0 aliphatic heterocycles. The first-order valence-electron chi connectivity index (χ1n) is 9.26. The number of rotatable bonds is 4. The van der Waals surface area contributed by atoms with Crippen LogP contribution in [-0.4, -0.2) is 32.2 Å². The van der Waals surface area contributed by atoms with E-state index in [1.54, 1.807) is 0 Å². The van der Waals surface area contributed by atoms with E-state index in [0.717, 1.165) is 51.1 Å². The number of nitrogens with zero attached hydrogens (tertiary/aromatic N) is 3.